The standard InChI is InChI=1S/C20H18FNOS/c1-22(13-15-5-4-8-18(21)11-15)20(23)14-24-19-10-9-16-6-2-3-7-17(16)12-19/h2-12H,13-14H2,1H3. The molecule has 1 amide bonds. The van der Waals surface area contributed by atoms with Crippen molar-refractivity contribution in [1.82, 2.24) is 4.90 Å². The van der Waals surface area contributed by atoms with E-state index in [1.54, 1.807) is 18.0 Å². The SMILES string of the molecule is CN(Cc1cccc(F)c1)C(=O)CSc1ccc2ccccc2c1. The molecule has 0 spiro atoms. The highest BCUT2D eigenvalue weighted by atomic mass is 32.2. The fourth-order valence-corrected chi connectivity index (χ4v) is 3.39. The topological polar surface area (TPSA) is 20.3 Å². The Hall–Kier alpha value is -2.33. The number of rotatable bonds is 5. The Labute approximate surface area is 145 Å². The van der Waals surface area contributed by atoms with Gasteiger partial charge in [0, 0.05) is 18.5 Å². The smallest absolute Gasteiger partial charge is 0.232 e. The molecule has 0 radical (unpaired) electrons. The van der Waals surface area contributed by atoms with Crippen molar-refractivity contribution in [3.8, 4) is 0 Å². The molecule has 3 aromatic carbocycles. The third kappa shape index (κ3) is 4.15. The molecule has 0 aliphatic carbocycles. The van der Waals surface area contributed by atoms with E-state index in [0.717, 1.165) is 10.5 Å². The minimum Gasteiger partial charge on any atom is -0.341 e. The highest BCUT2D eigenvalue weighted by Gasteiger charge is 2.10. The zero-order valence-corrected chi connectivity index (χ0v) is 14.2. The molecule has 0 saturated carbocycles. The largest absolute Gasteiger partial charge is 0.341 e. The van der Waals surface area contributed by atoms with E-state index < -0.39 is 0 Å². The quantitative estimate of drug-likeness (QED) is 0.626. The fourth-order valence-electron chi connectivity index (χ4n) is 2.51. The second kappa shape index (κ2) is 7.49. The normalized spacial score (nSPS) is 10.8. The van der Waals surface area contributed by atoms with Gasteiger partial charge in [-0.1, -0.05) is 42.5 Å². The van der Waals surface area contributed by atoms with Crippen molar-refractivity contribution >= 4 is 28.4 Å². The molecule has 0 saturated heterocycles. The zero-order valence-electron chi connectivity index (χ0n) is 13.4. The zero-order chi connectivity index (χ0) is 16.9. The molecule has 0 aromatic heterocycles. The van der Waals surface area contributed by atoms with Crippen molar-refractivity contribution in [2.45, 2.75) is 11.4 Å². The van der Waals surface area contributed by atoms with Gasteiger partial charge in [0.1, 0.15) is 5.82 Å². The molecule has 122 valence electrons. The molecule has 3 rings (SSSR count). The van der Waals surface area contributed by atoms with Gasteiger partial charge in [-0.25, -0.2) is 4.39 Å². The Balaban J connectivity index is 1.59. The summed E-state index contributed by atoms with van der Waals surface area (Å²) in [5.74, 6) is 0.112. The number of thioether (sulfide) groups is 1. The van der Waals surface area contributed by atoms with Crippen molar-refractivity contribution in [3.63, 3.8) is 0 Å². The maximum atomic E-state index is 13.2. The Morgan fingerprint density at radius 2 is 1.79 bits per heavy atom. The van der Waals surface area contributed by atoms with E-state index in [1.165, 1.54) is 34.7 Å². The Morgan fingerprint density at radius 3 is 2.58 bits per heavy atom. The molecule has 0 N–H and O–H groups in total. The molecule has 3 aromatic rings. The summed E-state index contributed by atoms with van der Waals surface area (Å²) in [5, 5.41) is 2.36. The third-order valence-corrected chi connectivity index (χ3v) is 4.80. The molecular weight excluding hydrogens is 321 g/mol. The van der Waals surface area contributed by atoms with Crippen molar-refractivity contribution in [2.75, 3.05) is 12.8 Å². The second-order valence-electron chi connectivity index (χ2n) is 5.68. The van der Waals surface area contributed by atoms with E-state index in [0.29, 0.717) is 12.3 Å². The summed E-state index contributed by atoms with van der Waals surface area (Å²) in [7, 11) is 1.74. The number of hydrogen-bond acceptors (Lipinski definition) is 2. The maximum Gasteiger partial charge on any atom is 0.232 e. The van der Waals surface area contributed by atoms with Crippen LogP contribution in [0.4, 0.5) is 4.39 Å². The van der Waals surface area contributed by atoms with Gasteiger partial charge in [0.15, 0.2) is 0 Å². The first-order valence-corrected chi connectivity index (χ1v) is 8.70. The molecular formula is C20H18FNOS. The molecule has 0 atom stereocenters. The predicted octanol–water partition coefficient (Wildman–Crippen LogP) is 4.73. The lowest BCUT2D eigenvalue weighted by molar-refractivity contribution is -0.127. The van der Waals surface area contributed by atoms with E-state index >= 15 is 0 Å². The molecule has 0 heterocycles. The van der Waals surface area contributed by atoms with Gasteiger partial charge in [-0.05, 0) is 40.6 Å². The molecule has 0 aliphatic rings. The Morgan fingerprint density at radius 1 is 1.00 bits per heavy atom. The molecule has 4 heteroatoms. The van der Waals surface area contributed by atoms with Crippen LogP contribution in [0.5, 0.6) is 0 Å². The lowest BCUT2D eigenvalue weighted by atomic mass is 10.1. The van der Waals surface area contributed by atoms with E-state index in [1.807, 2.05) is 24.3 Å². The van der Waals surface area contributed by atoms with E-state index in [4.69, 9.17) is 0 Å². The number of halogens is 1. The van der Waals surface area contributed by atoms with Crippen LogP contribution in [0.3, 0.4) is 0 Å². The van der Waals surface area contributed by atoms with Gasteiger partial charge in [-0.2, -0.15) is 0 Å². The molecule has 0 unspecified atom stereocenters. The number of nitrogens with zero attached hydrogens (tertiary/aromatic N) is 1. The summed E-state index contributed by atoms with van der Waals surface area (Å²) in [4.78, 5) is 15.0. The third-order valence-electron chi connectivity index (χ3n) is 3.82. The number of carbonyl (C=O) groups excluding carboxylic acids is 1. The first-order valence-electron chi connectivity index (χ1n) is 7.72. The monoisotopic (exact) mass is 339 g/mol. The summed E-state index contributed by atoms with van der Waals surface area (Å²) >= 11 is 1.52. The van der Waals surface area contributed by atoms with Crippen LogP contribution in [0.2, 0.25) is 0 Å². The summed E-state index contributed by atoms with van der Waals surface area (Å²) in [6, 6.07) is 20.7. The van der Waals surface area contributed by atoms with Crippen LogP contribution >= 0.6 is 11.8 Å². The van der Waals surface area contributed by atoms with Crippen LogP contribution in [0, 0.1) is 5.82 Å². The van der Waals surface area contributed by atoms with Crippen LogP contribution in [0.25, 0.3) is 10.8 Å². The van der Waals surface area contributed by atoms with Crippen molar-refractivity contribution in [3.05, 3.63) is 78.1 Å². The van der Waals surface area contributed by atoms with Gasteiger partial charge in [-0.3, -0.25) is 4.79 Å². The van der Waals surface area contributed by atoms with Gasteiger partial charge >= 0.3 is 0 Å². The molecule has 0 bridgehead atoms. The van der Waals surface area contributed by atoms with Crippen LogP contribution < -0.4 is 0 Å². The first-order chi connectivity index (χ1) is 11.6. The van der Waals surface area contributed by atoms with E-state index in [-0.39, 0.29) is 11.7 Å². The number of carbonyl (C=O) groups is 1. The van der Waals surface area contributed by atoms with Crippen LogP contribution in [-0.2, 0) is 11.3 Å². The molecule has 2 nitrogen and oxygen atoms in total. The average Bonchev–Trinajstić information content (AvgIpc) is 2.59. The number of hydrogen-bond donors (Lipinski definition) is 0. The van der Waals surface area contributed by atoms with Crippen molar-refractivity contribution < 1.29 is 9.18 Å². The van der Waals surface area contributed by atoms with Gasteiger partial charge in [0.05, 0.1) is 5.75 Å². The molecule has 0 fully saturated rings. The van der Waals surface area contributed by atoms with Crippen LogP contribution in [-0.4, -0.2) is 23.6 Å². The Kier molecular flexibility index (Phi) is 5.16. The summed E-state index contributed by atoms with van der Waals surface area (Å²) in [5.41, 5.74) is 0.793. The van der Waals surface area contributed by atoms with Gasteiger partial charge in [0.25, 0.3) is 0 Å². The molecule has 24 heavy (non-hydrogen) atoms. The maximum absolute atomic E-state index is 13.2. The fraction of sp³-hybridized carbons (Fsp3) is 0.150. The highest BCUT2D eigenvalue weighted by Crippen LogP contribution is 2.24. The number of fused-ring (bicyclic) bond motifs is 1. The summed E-state index contributed by atoms with van der Waals surface area (Å²) in [6.45, 7) is 0.412. The van der Waals surface area contributed by atoms with Crippen LogP contribution in [0.15, 0.2) is 71.6 Å². The summed E-state index contributed by atoms with van der Waals surface area (Å²) < 4.78 is 13.2. The lowest BCUT2D eigenvalue weighted by Gasteiger charge is -2.17. The number of benzene rings is 3. The van der Waals surface area contributed by atoms with Gasteiger partial charge < -0.3 is 4.90 Å². The van der Waals surface area contributed by atoms with Gasteiger partial charge in [0.2, 0.25) is 5.91 Å². The predicted molar refractivity (Wildman–Crippen MR) is 97.5 cm³/mol. The first kappa shape index (κ1) is 16.5. The van der Waals surface area contributed by atoms with Crippen LogP contribution in [0.1, 0.15) is 5.56 Å². The number of amides is 1. The van der Waals surface area contributed by atoms with Gasteiger partial charge in [-0.15, -0.1) is 11.8 Å². The lowest BCUT2D eigenvalue weighted by Crippen LogP contribution is -2.27. The second-order valence-corrected chi connectivity index (χ2v) is 6.73. The molecule has 0 aliphatic heterocycles. The minimum atomic E-state index is -0.279. The average molecular weight is 339 g/mol. The minimum absolute atomic E-state index is 0.0254. The Bertz CT molecular complexity index is 865. The van der Waals surface area contributed by atoms with Crippen molar-refractivity contribution in [2.24, 2.45) is 0 Å². The highest BCUT2D eigenvalue weighted by molar-refractivity contribution is 8.00. The summed E-state index contributed by atoms with van der Waals surface area (Å²) in [6.07, 6.45) is 0. The van der Waals surface area contributed by atoms with E-state index in [9.17, 15) is 9.18 Å². The van der Waals surface area contributed by atoms with Crippen molar-refractivity contribution in [1.29, 1.82) is 0 Å². The van der Waals surface area contributed by atoms with E-state index in [2.05, 4.69) is 24.3 Å².